The van der Waals surface area contributed by atoms with Crippen LogP contribution in [0.4, 0.5) is 5.69 Å². The summed E-state index contributed by atoms with van der Waals surface area (Å²) in [5, 5.41) is 9.64. The van der Waals surface area contributed by atoms with Gasteiger partial charge >= 0.3 is 0 Å². The molecule has 0 aromatic carbocycles. The van der Waals surface area contributed by atoms with Crippen LogP contribution in [0.1, 0.15) is 46.9 Å². The van der Waals surface area contributed by atoms with E-state index in [2.05, 4.69) is 25.3 Å². The summed E-state index contributed by atoms with van der Waals surface area (Å²) in [6, 6.07) is 1.80. The van der Waals surface area contributed by atoms with Crippen molar-refractivity contribution in [2.45, 2.75) is 41.2 Å². The van der Waals surface area contributed by atoms with Crippen molar-refractivity contribution in [2.75, 3.05) is 5.32 Å². The second-order valence-electron chi connectivity index (χ2n) is 4.58. The number of carbonyl (C=O) groups excluding carboxylic acids is 1. The van der Waals surface area contributed by atoms with E-state index in [4.69, 9.17) is 5.90 Å². The first-order valence-corrected chi connectivity index (χ1v) is 7.13. The van der Waals surface area contributed by atoms with Gasteiger partial charge in [0.2, 0.25) is 0 Å². The van der Waals surface area contributed by atoms with Crippen molar-refractivity contribution in [3.05, 3.63) is 40.5 Å². The number of pyridine rings is 1. The maximum absolute atomic E-state index is 12.3. The molecule has 4 N–H and O–H groups in total. The normalized spacial score (nSPS) is 9.91. The molecular weight excluding hydrogens is 282 g/mol. The number of aromatic nitrogens is 3. The van der Waals surface area contributed by atoms with Crippen molar-refractivity contribution in [1.82, 2.24) is 15.2 Å². The Labute approximate surface area is 130 Å². The van der Waals surface area contributed by atoms with Gasteiger partial charge < -0.3 is 5.32 Å². The van der Waals surface area contributed by atoms with Crippen molar-refractivity contribution >= 4 is 11.6 Å². The Morgan fingerprint density at radius 3 is 2.68 bits per heavy atom. The third-order valence-corrected chi connectivity index (χ3v) is 2.95. The van der Waals surface area contributed by atoms with E-state index in [1.54, 1.807) is 19.2 Å². The minimum absolute atomic E-state index is 0.116. The molecule has 0 aliphatic carbocycles. The van der Waals surface area contributed by atoms with Gasteiger partial charge in [0.15, 0.2) is 0 Å². The average Bonchev–Trinajstić information content (AvgIpc) is 2.85. The van der Waals surface area contributed by atoms with E-state index >= 15 is 0 Å². The number of nitrogens with one attached hydrogen (secondary N) is 2. The smallest absolute Gasteiger partial charge is 0.257 e. The predicted molar refractivity (Wildman–Crippen MR) is 85.3 cm³/mol. The van der Waals surface area contributed by atoms with Crippen LogP contribution in [0.3, 0.4) is 0 Å². The van der Waals surface area contributed by atoms with Crippen LogP contribution in [0.5, 0.6) is 0 Å². The summed E-state index contributed by atoms with van der Waals surface area (Å²) in [5.74, 6) is 4.81. The Kier molecular flexibility index (Phi) is 6.68. The predicted octanol–water partition coefficient (Wildman–Crippen LogP) is 2.40. The standard InChI is InChI=1S/C13H17N5O2.C2H6/c1-7-4-10(8(2)15-5-7)13(19)16-12-9(3)17-18-11(12)6-20-14;1-2/h4-5H,6,14H2,1-3H3,(H,16,19)(H,17,18);1-2H3. The molecule has 0 saturated heterocycles. The summed E-state index contributed by atoms with van der Waals surface area (Å²) in [4.78, 5) is 21.1. The molecule has 0 bridgehead atoms. The zero-order valence-electron chi connectivity index (χ0n) is 13.7. The van der Waals surface area contributed by atoms with Gasteiger partial charge in [0, 0.05) is 11.9 Å². The lowest BCUT2D eigenvalue weighted by Crippen LogP contribution is -2.16. The Balaban J connectivity index is 0.00000116. The molecule has 7 nitrogen and oxygen atoms in total. The number of rotatable bonds is 4. The van der Waals surface area contributed by atoms with Crippen LogP contribution in [-0.4, -0.2) is 21.1 Å². The van der Waals surface area contributed by atoms with Crippen LogP contribution < -0.4 is 11.2 Å². The minimum Gasteiger partial charge on any atom is -0.319 e. The average molecular weight is 305 g/mol. The Hall–Kier alpha value is -2.25. The van der Waals surface area contributed by atoms with E-state index in [9.17, 15) is 4.79 Å². The van der Waals surface area contributed by atoms with Crippen LogP contribution >= 0.6 is 0 Å². The number of nitrogens with zero attached hydrogens (tertiary/aromatic N) is 2. The second kappa shape index (κ2) is 8.26. The minimum atomic E-state index is -0.235. The fourth-order valence-electron chi connectivity index (χ4n) is 1.88. The van der Waals surface area contributed by atoms with E-state index in [1.165, 1.54) is 0 Å². The molecule has 0 spiro atoms. The van der Waals surface area contributed by atoms with E-state index in [1.807, 2.05) is 27.7 Å². The molecule has 0 radical (unpaired) electrons. The summed E-state index contributed by atoms with van der Waals surface area (Å²) >= 11 is 0. The first-order valence-electron chi connectivity index (χ1n) is 7.13. The van der Waals surface area contributed by atoms with E-state index in [0.29, 0.717) is 22.6 Å². The fraction of sp³-hybridized carbons (Fsp3) is 0.400. The topological polar surface area (TPSA) is 106 Å². The maximum Gasteiger partial charge on any atom is 0.257 e. The number of nitrogens with two attached hydrogens (primary N) is 1. The number of amides is 1. The molecule has 2 heterocycles. The molecule has 0 atom stereocenters. The fourth-order valence-corrected chi connectivity index (χ4v) is 1.88. The number of H-pyrrole nitrogens is 1. The molecule has 0 aliphatic heterocycles. The molecule has 22 heavy (non-hydrogen) atoms. The summed E-state index contributed by atoms with van der Waals surface area (Å²) in [5.41, 5.74) is 4.01. The third kappa shape index (κ3) is 4.12. The summed E-state index contributed by atoms with van der Waals surface area (Å²) < 4.78 is 0. The third-order valence-electron chi connectivity index (χ3n) is 2.95. The Morgan fingerprint density at radius 2 is 2.05 bits per heavy atom. The Morgan fingerprint density at radius 1 is 1.36 bits per heavy atom. The lowest BCUT2D eigenvalue weighted by molar-refractivity contribution is 0.102. The molecule has 0 aliphatic rings. The highest BCUT2D eigenvalue weighted by Gasteiger charge is 2.16. The number of anilines is 1. The number of hydrogen-bond acceptors (Lipinski definition) is 5. The highest BCUT2D eigenvalue weighted by molar-refractivity contribution is 6.05. The van der Waals surface area contributed by atoms with E-state index in [-0.39, 0.29) is 12.5 Å². The van der Waals surface area contributed by atoms with Gasteiger partial charge in [-0.15, -0.1) is 0 Å². The zero-order valence-corrected chi connectivity index (χ0v) is 13.7. The van der Waals surface area contributed by atoms with Crippen LogP contribution in [0, 0.1) is 20.8 Å². The van der Waals surface area contributed by atoms with Crippen molar-refractivity contribution in [1.29, 1.82) is 0 Å². The van der Waals surface area contributed by atoms with Gasteiger partial charge in [-0.25, -0.2) is 5.90 Å². The molecular formula is C15H23N5O2. The largest absolute Gasteiger partial charge is 0.319 e. The number of carbonyl (C=O) groups is 1. The van der Waals surface area contributed by atoms with Gasteiger partial charge in [-0.1, -0.05) is 13.8 Å². The summed E-state index contributed by atoms with van der Waals surface area (Å²) in [6.45, 7) is 9.61. The highest BCUT2D eigenvalue weighted by atomic mass is 16.6. The number of aromatic amines is 1. The highest BCUT2D eigenvalue weighted by Crippen LogP contribution is 2.19. The van der Waals surface area contributed by atoms with Crippen molar-refractivity contribution < 1.29 is 9.63 Å². The summed E-state index contributed by atoms with van der Waals surface area (Å²) in [7, 11) is 0. The van der Waals surface area contributed by atoms with Gasteiger partial charge in [-0.2, -0.15) is 5.10 Å². The molecule has 2 aromatic heterocycles. The molecule has 2 rings (SSSR count). The molecule has 2 aromatic rings. The number of aryl methyl sites for hydroxylation is 3. The zero-order chi connectivity index (χ0) is 16.7. The van der Waals surface area contributed by atoms with Crippen molar-refractivity contribution in [2.24, 2.45) is 5.90 Å². The van der Waals surface area contributed by atoms with E-state index in [0.717, 1.165) is 11.3 Å². The van der Waals surface area contributed by atoms with Crippen molar-refractivity contribution in [3.63, 3.8) is 0 Å². The first-order chi connectivity index (χ1) is 10.5. The van der Waals surface area contributed by atoms with Gasteiger partial charge in [-0.05, 0) is 32.4 Å². The van der Waals surface area contributed by atoms with Crippen LogP contribution in [0.15, 0.2) is 12.3 Å². The maximum atomic E-state index is 12.3. The lowest BCUT2D eigenvalue weighted by atomic mass is 10.1. The molecule has 0 saturated carbocycles. The van der Waals surface area contributed by atoms with Gasteiger partial charge in [0.05, 0.1) is 16.9 Å². The second-order valence-corrected chi connectivity index (χ2v) is 4.58. The summed E-state index contributed by atoms with van der Waals surface area (Å²) in [6.07, 6.45) is 1.73. The van der Waals surface area contributed by atoms with Crippen LogP contribution in [-0.2, 0) is 11.4 Å². The SMILES string of the molecule is CC.Cc1cnc(C)c(C(=O)Nc2c(CON)n[nH]c2C)c1. The molecule has 120 valence electrons. The Bertz CT molecular complexity index is 637. The van der Waals surface area contributed by atoms with Gasteiger partial charge in [0.1, 0.15) is 12.3 Å². The van der Waals surface area contributed by atoms with Gasteiger partial charge in [0.25, 0.3) is 5.91 Å². The number of hydrogen-bond donors (Lipinski definition) is 3. The van der Waals surface area contributed by atoms with Crippen LogP contribution in [0.2, 0.25) is 0 Å². The molecule has 1 amide bonds. The molecule has 7 heteroatoms. The van der Waals surface area contributed by atoms with Crippen molar-refractivity contribution in [3.8, 4) is 0 Å². The lowest BCUT2D eigenvalue weighted by Gasteiger charge is -2.08. The van der Waals surface area contributed by atoms with E-state index < -0.39 is 0 Å². The quantitative estimate of drug-likeness (QED) is 0.752. The monoisotopic (exact) mass is 305 g/mol. The first kappa shape index (κ1) is 17.8. The molecule has 0 unspecified atom stereocenters. The molecule has 0 fully saturated rings. The van der Waals surface area contributed by atoms with Gasteiger partial charge in [-0.3, -0.25) is 19.7 Å². The van der Waals surface area contributed by atoms with Crippen LogP contribution in [0.25, 0.3) is 0 Å².